The molecule has 0 unspecified atom stereocenters. The van der Waals surface area contributed by atoms with Crippen molar-refractivity contribution in [1.29, 1.82) is 0 Å². The van der Waals surface area contributed by atoms with E-state index in [1.807, 2.05) is 24.3 Å². The van der Waals surface area contributed by atoms with Crippen molar-refractivity contribution in [3.8, 4) is 22.6 Å². The van der Waals surface area contributed by atoms with Gasteiger partial charge in [0, 0.05) is 43.5 Å². The third kappa shape index (κ3) is 5.27. The molecule has 2 aromatic heterocycles. The lowest BCUT2D eigenvalue weighted by Gasteiger charge is -2.26. The quantitative estimate of drug-likeness (QED) is 0.399. The van der Waals surface area contributed by atoms with E-state index >= 15 is 0 Å². The molecule has 4 aromatic rings. The molecule has 12 heteroatoms. The molecule has 0 spiro atoms. The van der Waals surface area contributed by atoms with Crippen LogP contribution in [0.3, 0.4) is 0 Å². The van der Waals surface area contributed by atoms with Crippen molar-refractivity contribution in [2.75, 3.05) is 38.2 Å². The van der Waals surface area contributed by atoms with Gasteiger partial charge in [-0.15, -0.1) is 13.2 Å². The first-order valence-electron chi connectivity index (χ1n) is 11.6. The molecule has 192 valence electrons. The van der Waals surface area contributed by atoms with Gasteiger partial charge in [-0.3, -0.25) is 4.79 Å². The van der Waals surface area contributed by atoms with Gasteiger partial charge in [0.1, 0.15) is 23.6 Å². The molecule has 1 saturated heterocycles. The predicted octanol–water partition coefficient (Wildman–Crippen LogP) is 4.05. The second-order valence-electron chi connectivity index (χ2n) is 8.40. The lowest BCUT2D eigenvalue weighted by Crippen LogP contribution is -2.35. The number of carbonyl (C=O) groups is 1. The second kappa shape index (κ2) is 9.96. The SMILES string of the molecule is COc1ccc(-c2cnc3ncnn3c2N2CCCN(C(=O)c3ccc(OC(F)(F)F)cc3)CC2)cc1. The molecule has 0 saturated carbocycles. The van der Waals surface area contributed by atoms with Crippen molar-refractivity contribution < 1.29 is 27.4 Å². The molecule has 0 N–H and O–H groups in total. The van der Waals surface area contributed by atoms with E-state index < -0.39 is 6.36 Å². The standard InChI is InChI=1S/C25H23F3N6O3/c1-36-19-7-3-17(4-8-19)21-15-29-24-30-16-31-34(24)22(21)32-11-2-12-33(14-13-32)23(35)18-5-9-20(10-6-18)37-25(26,27)28/h3-10,15-16H,2,11-14H2,1H3. The Morgan fingerprint density at radius 2 is 1.65 bits per heavy atom. The number of halogens is 3. The highest BCUT2D eigenvalue weighted by atomic mass is 19.4. The summed E-state index contributed by atoms with van der Waals surface area (Å²) in [6.45, 7) is 2.09. The molecule has 37 heavy (non-hydrogen) atoms. The summed E-state index contributed by atoms with van der Waals surface area (Å²) in [5.74, 6) is 1.39. The zero-order valence-corrected chi connectivity index (χ0v) is 19.9. The molecule has 1 fully saturated rings. The van der Waals surface area contributed by atoms with Gasteiger partial charge in [-0.05, 0) is 48.4 Å². The fourth-order valence-electron chi connectivity index (χ4n) is 4.36. The van der Waals surface area contributed by atoms with Gasteiger partial charge in [-0.25, -0.2) is 4.98 Å². The molecule has 5 rings (SSSR count). The number of aromatic nitrogens is 4. The van der Waals surface area contributed by atoms with Gasteiger partial charge in [-0.1, -0.05) is 12.1 Å². The van der Waals surface area contributed by atoms with Crippen LogP contribution in [-0.4, -0.2) is 70.0 Å². The molecular formula is C25H23F3N6O3. The summed E-state index contributed by atoms with van der Waals surface area (Å²) >= 11 is 0. The van der Waals surface area contributed by atoms with Crippen LogP contribution in [0.2, 0.25) is 0 Å². The average Bonchev–Trinajstić information content (AvgIpc) is 3.24. The number of fused-ring (bicyclic) bond motifs is 1. The van der Waals surface area contributed by atoms with E-state index in [2.05, 4.69) is 24.7 Å². The van der Waals surface area contributed by atoms with Crippen molar-refractivity contribution in [2.24, 2.45) is 0 Å². The van der Waals surface area contributed by atoms with Gasteiger partial charge in [0.2, 0.25) is 0 Å². The molecule has 1 amide bonds. The fourth-order valence-corrected chi connectivity index (χ4v) is 4.36. The number of amides is 1. The molecule has 3 heterocycles. The smallest absolute Gasteiger partial charge is 0.497 e. The number of nitrogens with zero attached hydrogens (tertiary/aromatic N) is 6. The molecule has 0 aliphatic carbocycles. The van der Waals surface area contributed by atoms with Crippen molar-refractivity contribution in [2.45, 2.75) is 12.8 Å². The van der Waals surface area contributed by atoms with Crippen LogP contribution in [-0.2, 0) is 0 Å². The van der Waals surface area contributed by atoms with Crippen LogP contribution in [0.4, 0.5) is 19.0 Å². The van der Waals surface area contributed by atoms with Crippen LogP contribution in [0.25, 0.3) is 16.9 Å². The van der Waals surface area contributed by atoms with Crippen molar-refractivity contribution in [1.82, 2.24) is 24.5 Å². The third-order valence-corrected chi connectivity index (χ3v) is 6.10. The van der Waals surface area contributed by atoms with Crippen LogP contribution in [0.15, 0.2) is 61.1 Å². The summed E-state index contributed by atoms with van der Waals surface area (Å²) in [6.07, 6.45) is -0.891. The minimum atomic E-state index is -4.78. The van der Waals surface area contributed by atoms with E-state index in [4.69, 9.17) is 4.74 Å². The van der Waals surface area contributed by atoms with Crippen molar-refractivity contribution >= 4 is 17.5 Å². The van der Waals surface area contributed by atoms with Crippen molar-refractivity contribution in [3.05, 3.63) is 66.6 Å². The number of hydrogen-bond acceptors (Lipinski definition) is 7. The van der Waals surface area contributed by atoms with Gasteiger partial charge in [0.05, 0.1) is 7.11 Å². The van der Waals surface area contributed by atoms with E-state index in [0.717, 1.165) is 34.8 Å². The van der Waals surface area contributed by atoms with Gasteiger partial charge >= 0.3 is 6.36 Å². The maximum absolute atomic E-state index is 13.1. The highest BCUT2D eigenvalue weighted by Crippen LogP contribution is 2.32. The number of carbonyl (C=O) groups excluding carboxylic acids is 1. The molecule has 9 nitrogen and oxygen atoms in total. The Bertz CT molecular complexity index is 1390. The number of benzene rings is 2. The van der Waals surface area contributed by atoms with Gasteiger partial charge in [0.15, 0.2) is 0 Å². The number of methoxy groups -OCH3 is 1. The Morgan fingerprint density at radius 3 is 2.35 bits per heavy atom. The summed E-state index contributed by atoms with van der Waals surface area (Å²) < 4.78 is 48.2. The minimum Gasteiger partial charge on any atom is -0.497 e. The summed E-state index contributed by atoms with van der Waals surface area (Å²) in [5, 5.41) is 4.38. The normalized spacial score (nSPS) is 14.5. The molecular weight excluding hydrogens is 489 g/mol. The first kappa shape index (κ1) is 24.3. The monoisotopic (exact) mass is 512 g/mol. The summed E-state index contributed by atoms with van der Waals surface area (Å²) in [6, 6.07) is 12.6. The zero-order chi connectivity index (χ0) is 26.0. The Kier molecular flexibility index (Phi) is 6.55. The first-order chi connectivity index (χ1) is 17.8. The predicted molar refractivity (Wildman–Crippen MR) is 129 cm³/mol. The summed E-state index contributed by atoms with van der Waals surface area (Å²) in [7, 11) is 1.61. The fraction of sp³-hybridized carbons (Fsp3) is 0.280. The first-order valence-corrected chi connectivity index (χ1v) is 11.6. The second-order valence-corrected chi connectivity index (χ2v) is 8.40. The Balaban J connectivity index is 1.37. The van der Waals surface area contributed by atoms with Crippen molar-refractivity contribution in [3.63, 3.8) is 0 Å². The highest BCUT2D eigenvalue weighted by Gasteiger charge is 2.31. The van der Waals surface area contributed by atoms with Crippen LogP contribution in [0.5, 0.6) is 11.5 Å². The van der Waals surface area contributed by atoms with Crippen LogP contribution in [0.1, 0.15) is 16.8 Å². The van der Waals surface area contributed by atoms with E-state index in [-0.39, 0.29) is 11.7 Å². The van der Waals surface area contributed by atoms with Gasteiger partial charge in [0.25, 0.3) is 11.7 Å². The maximum Gasteiger partial charge on any atom is 0.573 e. The van der Waals surface area contributed by atoms with E-state index in [1.165, 1.54) is 18.5 Å². The van der Waals surface area contributed by atoms with Gasteiger partial charge < -0.3 is 19.3 Å². The largest absolute Gasteiger partial charge is 0.573 e. The molecule has 0 bridgehead atoms. The van der Waals surface area contributed by atoms with E-state index in [0.29, 0.717) is 43.9 Å². The zero-order valence-electron chi connectivity index (χ0n) is 19.9. The number of anilines is 1. The molecule has 0 radical (unpaired) electrons. The Morgan fingerprint density at radius 1 is 0.919 bits per heavy atom. The van der Waals surface area contributed by atoms with Gasteiger partial charge in [-0.2, -0.15) is 14.6 Å². The molecule has 1 aliphatic heterocycles. The molecule has 1 aliphatic rings. The number of alkyl halides is 3. The molecule has 2 aromatic carbocycles. The topological polar surface area (TPSA) is 85.1 Å². The van der Waals surface area contributed by atoms with Crippen LogP contribution in [0, 0.1) is 0 Å². The van der Waals surface area contributed by atoms with E-state index in [1.54, 1.807) is 22.7 Å². The maximum atomic E-state index is 13.1. The summed E-state index contributed by atoms with van der Waals surface area (Å²) in [4.78, 5) is 25.6. The number of hydrogen-bond donors (Lipinski definition) is 0. The highest BCUT2D eigenvalue weighted by molar-refractivity contribution is 5.94. The Labute approximate surface area is 210 Å². The summed E-state index contributed by atoms with van der Waals surface area (Å²) in [5.41, 5.74) is 2.09. The Hall–Kier alpha value is -4.35. The molecule has 0 atom stereocenters. The lowest BCUT2D eigenvalue weighted by molar-refractivity contribution is -0.274. The number of ether oxygens (including phenoxy) is 2. The van der Waals surface area contributed by atoms with E-state index in [9.17, 15) is 18.0 Å². The minimum absolute atomic E-state index is 0.253. The lowest BCUT2D eigenvalue weighted by atomic mass is 10.1. The average molecular weight is 512 g/mol. The third-order valence-electron chi connectivity index (χ3n) is 6.10. The van der Waals surface area contributed by atoms with Crippen LogP contribution >= 0.6 is 0 Å². The van der Waals surface area contributed by atoms with Crippen LogP contribution < -0.4 is 14.4 Å². The number of rotatable bonds is 5.